The Kier molecular flexibility index (Phi) is 4.98. The Morgan fingerprint density at radius 2 is 1.78 bits per heavy atom. The van der Waals surface area contributed by atoms with Crippen LogP contribution in [0.3, 0.4) is 0 Å². The smallest absolute Gasteiger partial charge is 0.166 e. The summed E-state index contributed by atoms with van der Waals surface area (Å²) in [6, 6.07) is 6.13. The third-order valence-corrected chi connectivity index (χ3v) is 4.38. The summed E-state index contributed by atoms with van der Waals surface area (Å²) in [5.74, 6) is -1.65. The Morgan fingerprint density at radius 1 is 1.04 bits per heavy atom. The maximum atomic E-state index is 13.9. The van der Waals surface area contributed by atoms with E-state index in [9.17, 15) is 8.78 Å². The number of halogens is 2. The Labute approximate surface area is 135 Å². The van der Waals surface area contributed by atoms with Crippen molar-refractivity contribution in [2.24, 2.45) is 0 Å². The van der Waals surface area contributed by atoms with Crippen molar-refractivity contribution in [3.8, 4) is 11.1 Å². The van der Waals surface area contributed by atoms with Crippen molar-refractivity contribution in [2.45, 2.75) is 13.5 Å². The van der Waals surface area contributed by atoms with Gasteiger partial charge in [-0.05, 0) is 24.2 Å². The number of hydrogen-bond donors (Lipinski definition) is 0. The summed E-state index contributed by atoms with van der Waals surface area (Å²) >= 11 is 0. The number of benzene rings is 1. The molecule has 23 heavy (non-hydrogen) atoms. The fourth-order valence-corrected chi connectivity index (χ4v) is 2.97. The van der Waals surface area contributed by atoms with Gasteiger partial charge in [-0.2, -0.15) is 0 Å². The Balaban J connectivity index is 1.74. The molecule has 3 nitrogen and oxygen atoms in total. The van der Waals surface area contributed by atoms with E-state index in [0.717, 1.165) is 50.9 Å². The molecule has 1 aromatic heterocycles. The van der Waals surface area contributed by atoms with E-state index < -0.39 is 11.6 Å². The van der Waals surface area contributed by atoms with Crippen LogP contribution in [-0.4, -0.2) is 47.5 Å². The van der Waals surface area contributed by atoms with Gasteiger partial charge in [-0.25, -0.2) is 8.78 Å². The molecule has 1 aliphatic rings. The van der Waals surface area contributed by atoms with E-state index in [1.165, 1.54) is 6.07 Å². The lowest BCUT2D eigenvalue weighted by Crippen LogP contribution is -2.45. The molecule has 0 saturated carbocycles. The second kappa shape index (κ2) is 7.15. The summed E-state index contributed by atoms with van der Waals surface area (Å²) in [5.41, 5.74) is 1.90. The van der Waals surface area contributed by atoms with Crippen LogP contribution in [-0.2, 0) is 6.54 Å². The van der Waals surface area contributed by atoms with Crippen LogP contribution in [0.2, 0.25) is 0 Å². The van der Waals surface area contributed by atoms with Crippen molar-refractivity contribution in [1.82, 2.24) is 14.8 Å². The predicted octanol–water partition coefficient (Wildman–Crippen LogP) is 3.16. The number of piperazine rings is 1. The Hall–Kier alpha value is -1.85. The number of rotatable bonds is 4. The first kappa shape index (κ1) is 16.0. The third-order valence-electron chi connectivity index (χ3n) is 4.38. The molecule has 1 aliphatic heterocycles. The average molecular weight is 317 g/mol. The van der Waals surface area contributed by atoms with Gasteiger partial charge >= 0.3 is 0 Å². The number of likely N-dealkylation sites (N-methyl/N-ethyl adjacent to an activating group) is 1. The molecule has 1 fully saturated rings. The zero-order chi connectivity index (χ0) is 16.2. The summed E-state index contributed by atoms with van der Waals surface area (Å²) in [6.07, 6.45) is 3.38. The lowest BCUT2D eigenvalue weighted by molar-refractivity contribution is 0.132. The molecule has 1 saturated heterocycles. The van der Waals surface area contributed by atoms with Gasteiger partial charge in [0.05, 0.1) is 0 Å². The molecule has 0 unspecified atom stereocenters. The van der Waals surface area contributed by atoms with Crippen molar-refractivity contribution in [2.75, 3.05) is 32.7 Å². The van der Waals surface area contributed by atoms with Gasteiger partial charge in [0.1, 0.15) is 0 Å². The van der Waals surface area contributed by atoms with Gasteiger partial charge in [-0.1, -0.05) is 19.1 Å². The van der Waals surface area contributed by atoms with E-state index in [2.05, 4.69) is 21.7 Å². The number of pyridine rings is 1. The molecule has 122 valence electrons. The normalized spacial score (nSPS) is 16.7. The van der Waals surface area contributed by atoms with Crippen molar-refractivity contribution < 1.29 is 8.78 Å². The number of aromatic nitrogens is 1. The highest BCUT2D eigenvalue weighted by Gasteiger charge is 2.16. The fraction of sp³-hybridized carbons (Fsp3) is 0.389. The summed E-state index contributed by atoms with van der Waals surface area (Å²) in [6.45, 7) is 8.23. The van der Waals surface area contributed by atoms with Gasteiger partial charge in [0.25, 0.3) is 0 Å². The largest absolute Gasteiger partial charge is 0.301 e. The summed E-state index contributed by atoms with van der Waals surface area (Å²) in [5, 5.41) is 0. The zero-order valence-corrected chi connectivity index (χ0v) is 13.3. The standard InChI is InChI=1S/C18H21F2N3/c1-2-22-6-8-23(9-7-22)13-14-10-15(12-21-11-14)16-4-3-5-17(19)18(16)20/h3-5,10-12H,2,6-9,13H2,1H3. The first-order valence-corrected chi connectivity index (χ1v) is 8.00. The van der Waals surface area contributed by atoms with Crippen LogP contribution in [0.5, 0.6) is 0 Å². The van der Waals surface area contributed by atoms with Crippen LogP contribution < -0.4 is 0 Å². The van der Waals surface area contributed by atoms with Crippen LogP contribution >= 0.6 is 0 Å². The maximum Gasteiger partial charge on any atom is 0.166 e. The van der Waals surface area contributed by atoms with E-state index in [4.69, 9.17) is 0 Å². The molecule has 0 spiro atoms. The number of nitrogens with zero attached hydrogens (tertiary/aromatic N) is 3. The quantitative estimate of drug-likeness (QED) is 0.863. The summed E-state index contributed by atoms with van der Waals surface area (Å²) in [4.78, 5) is 9.00. The molecule has 5 heteroatoms. The molecule has 0 radical (unpaired) electrons. The summed E-state index contributed by atoms with van der Waals surface area (Å²) in [7, 11) is 0. The van der Waals surface area contributed by atoms with Crippen molar-refractivity contribution in [3.63, 3.8) is 0 Å². The van der Waals surface area contributed by atoms with Gasteiger partial charge in [0, 0.05) is 56.2 Å². The minimum atomic E-state index is -0.830. The fourth-order valence-electron chi connectivity index (χ4n) is 2.97. The molecule has 0 atom stereocenters. The lowest BCUT2D eigenvalue weighted by atomic mass is 10.0. The van der Waals surface area contributed by atoms with Gasteiger partial charge < -0.3 is 4.90 Å². The molecule has 0 N–H and O–H groups in total. The van der Waals surface area contributed by atoms with Crippen LogP contribution in [0.15, 0.2) is 36.7 Å². The topological polar surface area (TPSA) is 19.4 Å². The van der Waals surface area contributed by atoms with Gasteiger partial charge in [-0.15, -0.1) is 0 Å². The van der Waals surface area contributed by atoms with E-state index in [1.54, 1.807) is 18.5 Å². The molecule has 0 aliphatic carbocycles. The maximum absolute atomic E-state index is 13.9. The second-order valence-corrected chi connectivity index (χ2v) is 5.89. The van der Waals surface area contributed by atoms with Gasteiger partial charge in [0.2, 0.25) is 0 Å². The highest BCUT2D eigenvalue weighted by atomic mass is 19.2. The predicted molar refractivity (Wildman–Crippen MR) is 87.0 cm³/mol. The number of hydrogen-bond acceptors (Lipinski definition) is 3. The van der Waals surface area contributed by atoms with E-state index in [0.29, 0.717) is 5.56 Å². The van der Waals surface area contributed by atoms with E-state index in [-0.39, 0.29) is 5.56 Å². The molecule has 2 heterocycles. The van der Waals surface area contributed by atoms with Crippen LogP contribution in [0.25, 0.3) is 11.1 Å². The molecule has 0 bridgehead atoms. The van der Waals surface area contributed by atoms with Crippen molar-refractivity contribution >= 4 is 0 Å². The second-order valence-electron chi connectivity index (χ2n) is 5.89. The van der Waals surface area contributed by atoms with Gasteiger partial charge in [0.15, 0.2) is 11.6 Å². The highest BCUT2D eigenvalue weighted by Crippen LogP contribution is 2.24. The highest BCUT2D eigenvalue weighted by molar-refractivity contribution is 5.63. The van der Waals surface area contributed by atoms with Crippen molar-refractivity contribution in [1.29, 1.82) is 0 Å². The van der Waals surface area contributed by atoms with E-state index in [1.807, 2.05) is 6.07 Å². The molecule has 2 aromatic rings. The van der Waals surface area contributed by atoms with Crippen LogP contribution in [0, 0.1) is 11.6 Å². The van der Waals surface area contributed by atoms with Crippen LogP contribution in [0.1, 0.15) is 12.5 Å². The molecule has 3 rings (SSSR count). The first-order valence-electron chi connectivity index (χ1n) is 8.00. The lowest BCUT2D eigenvalue weighted by Gasteiger charge is -2.34. The van der Waals surface area contributed by atoms with Crippen molar-refractivity contribution in [3.05, 3.63) is 53.9 Å². The van der Waals surface area contributed by atoms with Crippen LogP contribution in [0.4, 0.5) is 8.78 Å². The third kappa shape index (κ3) is 3.74. The Bertz CT molecular complexity index is 667. The molecule has 1 aromatic carbocycles. The Morgan fingerprint density at radius 3 is 2.52 bits per heavy atom. The first-order chi connectivity index (χ1) is 11.2. The molecular weight excluding hydrogens is 296 g/mol. The van der Waals surface area contributed by atoms with E-state index >= 15 is 0 Å². The minimum Gasteiger partial charge on any atom is -0.301 e. The molecule has 0 amide bonds. The van der Waals surface area contributed by atoms with Gasteiger partial charge in [-0.3, -0.25) is 9.88 Å². The average Bonchev–Trinajstić information content (AvgIpc) is 2.58. The minimum absolute atomic E-state index is 0.259. The zero-order valence-electron chi connectivity index (χ0n) is 13.3. The monoisotopic (exact) mass is 317 g/mol. The SMILES string of the molecule is CCN1CCN(Cc2cncc(-c3cccc(F)c3F)c2)CC1. The molecular formula is C18H21F2N3. The summed E-state index contributed by atoms with van der Waals surface area (Å²) < 4.78 is 27.3.